The van der Waals surface area contributed by atoms with Crippen molar-refractivity contribution >= 4 is 11.8 Å². The van der Waals surface area contributed by atoms with Gasteiger partial charge in [0.15, 0.2) is 0 Å². The standard InChI is InChI=1S/C10H15NO2S/c1-7(6-12)14-10-4-3-9(5-11-10)8(2)13/h3-5,7-8,12-13H,6H2,1-2H3/t7?,8-/m1/s1. The van der Waals surface area contributed by atoms with E-state index in [1.165, 1.54) is 11.8 Å². The second kappa shape index (κ2) is 5.34. The molecule has 1 aromatic heterocycles. The van der Waals surface area contributed by atoms with E-state index in [1.54, 1.807) is 13.1 Å². The molecule has 2 N–H and O–H groups in total. The Labute approximate surface area is 88.2 Å². The van der Waals surface area contributed by atoms with Crippen LogP contribution in [0.3, 0.4) is 0 Å². The Kier molecular flexibility index (Phi) is 4.38. The molecule has 4 heteroatoms. The summed E-state index contributed by atoms with van der Waals surface area (Å²) in [4.78, 5) is 4.18. The van der Waals surface area contributed by atoms with Crippen molar-refractivity contribution < 1.29 is 10.2 Å². The van der Waals surface area contributed by atoms with Crippen LogP contribution in [0.2, 0.25) is 0 Å². The molecule has 1 heterocycles. The van der Waals surface area contributed by atoms with E-state index in [-0.39, 0.29) is 11.9 Å². The summed E-state index contributed by atoms with van der Waals surface area (Å²) in [7, 11) is 0. The third kappa shape index (κ3) is 3.29. The number of rotatable bonds is 4. The van der Waals surface area contributed by atoms with Crippen LogP contribution in [0.1, 0.15) is 25.5 Å². The van der Waals surface area contributed by atoms with Gasteiger partial charge in [-0.25, -0.2) is 4.98 Å². The van der Waals surface area contributed by atoms with E-state index in [0.717, 1.165) is 10.6 Å². The average molecular weight is 213 g/mol. The van der Waals surface area contributed by atoms with Gasteiger partial charge < -0.3 is 10.2 Å². The van der Waals surface area contributed by atoms with E-state index in [4.69, 9.17) is 5.11 Å². The van der Waals surface area contributed by atoms with Gasteiger partial charge >= 0.3 is 0 Å². The van der Waals surface area contributed by atoms with Crippen molar-refractivity contribution in [3.05, 3.63) is 23.9 Å². The molecule has 0 fully saturated rings. The molecule has 0 aliphatic heterocycles. The van der Waals surface area contributed by atoms with E-state index < -0.39 is 6.10 Å². The van der Waals surface area contributed by atoms with Gasteiger partial charge in [-0.3, -0.25) is 0 Å². The normalized spacial score (nSPS) is 15.1. The Morgan fingerprint density at radius 1 is 1.43 bits per heavy atom. The van der Waals surface area contributed by atoms with Gasteiger partial charge in [-0.2, -0.15) is 0 Å². The summed E-state index contributed by atoms with van der Waals surface area (Å²) in [6.07, 6.45) is 1.19. The van der Waals surface area contributed by atoms with Gasteiger partial charge in [0.25, 0.3) is 0 Å². The van der Waals surface area contributed by atoms with Crippen LogP contribution in [0, 0.1) is 0 Å². The molecular formula is C10H15NO2S. The van der Waals surface area contributed by atoms with Crippen LogP contribution >= 0.6 is 11.8 Å². The van der Waals surface area contributed by atoms with Gasteiger partial charge in [0.05, 0.1) is 17.7 Å². The highest BCUT2D eigenvalue weighted by Crippen LogP contribution is 2.21. The highest BCUT2D eigenvalue weighted by atomic mass is 32.2. The maximum Gasteiger partial charge on any atom is 0.0963 e. The minimum atomic E-state index is -0.475. The van der Waals surface area contributed by atoms with Gasteiger partial charge in [-0.05, 0) is 18.6 Å². The molecule has 0 saturated heterocycles. The van der Waals surface area contributed by atoms with Gasteiger partial charge in [-0.15, -0.1) is 11.8 Å². The fourth-order valence-electron chi connectivity index (χ4n) is 0.952. The van der Waals surface area contributed by atoms with E-state index >= 15 is 0 Å². The number of aliphatic hydroxyl groups excluding tert-OH is 2. The van der Waals surface area contributed by atoms with Crippen LogP contribution in [0.4, 0.5) is 0 Å². The molecule has 0 aliphatic carbocycles. The smallest absolute Gasteiger partial charge is 0.0963 e. The zero-order valence-electron chi connectivity index (χ0n) is 8.34. The highest BCUT2D eigenvalue weighted by Gasteiger charge is 2.05. The zero-order valence-corrected chi connectivity index (χ0v) is 9.16. The quantitative estimate of drug-likeness (QED) is 0.746. The first-order chi connectivity index (χ1) is 6.63. The zero-order chi connectivity index (χ0) is 10.6. The summed E-state index contributed by atoms with van der Waals surface area (Å²) in [5.41, 5.74) is 0.811. The second-order valence-electron chi connectivity index (χ2n) is 3.22. The van der Waals surface area contributed by atoms with Crippen molar-refractivity contribution in [1.82, 2.24) is 4.98 Å². The van der Waals surface area contributed by atoms with E-state index in [2.05, 4.69) is 4.98 Å². The van der Waals surface area contributed by atoms with Crippen molar-refractivity contribution in [2.24, 2.45) is 0 Å². The monoisotopic (exact) mass is 213 g/mol. The van der Waals surface area contributed by atoms with Crippen molar-refractivity contribution in [2.75, 3.05) is 6.61 Å². The molecule has 0 aromatic carbocycles. The molecular weight excluding hydrogens is 198 g/mol. The molecule has 1 aromatic rings. The van der Waals surface area contributed by atoms with Crippen LogP contribution in [0.25, 0.3) is 0 Å². The van der Waals surface area contributed by atoms with E-state index in [1.807, 2.05) is 19.1 Å². The van der Waals surface area contributed by atoms with Crippen LogP contribution in [-0.4, -0.2) is 27.1 Å². The molecule has 0 amide bonds. The van der Waals surface area contributed by atoms with Crippen LogP contribution < -0.4 is 0 Å². The number of pyridine rings is 1. The largest absolute Gasteiger partial charge is 0.395 e. The first kappa shape index (κ1) is 11.5. The topological polar surface area (TPSA) is 53.4 Å². The maximum atomic E-state index is 9.26. The van der Waals surface area contributed by atoms with Crippen molar-refractivity contribution in [3.8, 4) is 0 Å². The molecule has 78 valence electrons. The predicted octanol–water partition coefficient (Wildman–Crippen LogP) is 1.61. The third-order valence-electron chi connectivity index (χ3n) is 1.82. The molecule has 0 spiro atoms. The maximum absolute atomic E-state index is 9.26. The first-order valence-electron chi connectivity index (χ1n) is 4.55. The Balaban J connectivity index is 2.64. The summed E-state index contributed by atoms with van der Waals surface area (Å²) >= 11 is 1.52. The lowest BCUT2D eigenvalue weighted by Crippen LogP contribution is -2.02. The third-order valence-corrected chi connectivity index (χ3v) is 2.86. The first-order valence-corrected chi connectivity index (χ1v) is 5.43. The number of aliphatic hydroxyl groups is 2. The van der Waals surface area contributed by atoms with Crippen molar-refractivity contribution in [3.63, 3.8) is 0 Å². The molecule has 0 bridgehead atoms. The SMILES string of the molecule is CC(CO)Sc1ccc([C@@H](C)O)cn1. The summed E-state index contributed by atoms with van der Waals surface area (Å²) in [6, 6.07) is 3.71. The number of hydrogen-bond acceptors (Lipinski definition) is 4. The van der Waals surface area contributed by atoms with Crippen molar-refractivity contribution in [1.29, 1.82) is 0 Å². The molecule has 1 unspecified atom stereocenters. The van der Waals surface area contributed by atoms with Gasteiger partial charge in [-0.1, -0.05) is 13.0 Å². The van der Waals surface area contributed by atoms with Crippen LogP contribution in [0.15, 0.2) is 23.4 Å². The molecule has 0 aliphatic rings. The number of aromatic nitrogens is 1. The van der Waals surface area contributed by atoms with Gasteiger partial charge in [0.2, 0.25) is 0 Å². The predicted molar refractivity (Wildman–Crippen MR) is 57.3 cm³/mol. The Bertz CT molecular complexity index is 274. The van der Waals surface area contributed by atoms with Gasteiger partial charge in [0, 0.05) is 11.4 Å². The number of nitrogens with zero attached hydrogens (tertiary/aromatic N) is 1. The Morgan fingerprint density at radius 3 is 2.57 bits per heavy atom. The molecule has 14 heavy (non-hydrogen) atoms. The minimum Gasteiger partial charge on any atom is -0.395 e. The average Bonchev–Trinajstić information content (AvgIpc) is 2.18. The lowest BCUT2D eigenvalue weighted by molar-refractivity contribution is 0.198. The summed E-state index contributed by atoms with van der Waals surface area (Å²) in [5.74, 6) is 0. The number of thioether (sulfide) groups is 1. The van der Waals surface area contributed by atoms with Gasteiger partial charge in [0.1, 0.15) is 0 Å². The van der Waals surface area contributed by atoms with Crippen LogP contribution in [-0.2, 0) is 0 Å². The Hall–Kier alpha value is -0.580. The van der Waals surface area contributed by atoms with Crippen LogP contribution in [0.5, 0.6) is 0 Å². The molecule has 1 rings (SSSR count). The fourth-order valence-corrected chi connectivity index (χ4v) is 1.70. The number of hydrogen-bond donors (Lipinski definition) is 2. The molecule has 3 nitrogen and oxygen atoms in total. The highest BCUT2D eigenvalue weighted by molar-refractivity contribution is 7.99. The summed E-state index contributed by atoms with van der Waals surface area (Å²) in [5, 5.41) is 19.1. The summed E-state index contributed by atoms with van der Waals surface area (Å²) < 4.78 is 0. The summed E-state index contributed by atoms with van der Waals surface area (Å²) in [6.45, 7) is 3.79. The lowest BCUT2D eigenvalue weighted by Gasteiger charge is -2.08. The molecule has 2 atom stereocenters. The van der Waals surface area contributed by atoms with Crippen molar-refractivity contribution in [2.45, 2.75) is 30.2 Å². The Morgan fingerprint density at radius 2 is 2.14 bits per heavy atom. The molecule has 0 radical (unpaired) electrons. The second-order valence-corrected chi connectivity index (χ2v) is 4.68. The minimum absolute atomic E-state index is 0.143. The fraction of sp³-hybridized carbons (Fsp3) is 0.500. The molecule has 0 saturated carbocycles. The van der Waals surface area contributed by atoms with E-state index in [0.29, 0.717) is 0 Å². The van der Waals surface area contributed by atoms with E-state index in [9.17, 15) is 5.11 Å². The lowest BCUT2D eigenvalue weighted by atomic mass is 10.2.